The first kappa shape index (κ1) is 24.5. The average molecular weight is 477 g/mol. The van der Waals surface area contributed by atoms with Gasteiger partial charge in [0.15, 0.2) is 11.5 Å². The van der Waals surface area contributed by atoms with Gasteiger partial charge >= 0.3 is 12.2 Å². The Kier molecular flexibility index (Phi) is 7.92. The third kappa shape index (κ3) is 4.95. The fourth-order valence-electron chi connectivity index (χ4n) is 4.15. The Bertz CT molecular complexity index is 1010. The van der Waals surface area contributed by atoms with E-state index in [0.717, 1.165) is 11.1 Å². The number of hydrogen-bond donors (Lipinski definition) is 0. The molecule has 33 heavy (non-hydrogen) atoms. The van der Waals surface area contributed by atoms with Crippen molar-refractivity contribution in [2.75, 3.05) is 32.8 Å². The highest BCUT2D eigenvalue weighted by Gasteiger charge is 2.40. The van der Waals surface area contributed by atoms with Gasteiger partial charge in [-0.1, -0.05) is 29.8 Å². The molecular weight excluding hydrogens is 448 g/mol. The summed E-state index contributed by atoms with van der Waals surface area (Å²) >= 11 is 6.39. The van der Waals surface area contributed by atoms with Gasteiger partial charge < -0.3 is 18.9 Å². The summed E-state index contributed by atoms with van der Waals surface area (Å²) in [6.07, 6.45) is -0.508. The second kappa shape index (κ2) is 10.7. The van der Waals surface area contributed by atoms with Crippen molar-refractivity contribution in [2.24, 2.45) is 0 Å². The molecular formula is C24H29ClN2O6. The lowest BCUT2D eigenvalue weighted by molar-refractivity contribution is 0.0941. The number of carbonyl (C=O) groups excluding carboxylic acids is 2. The summed E-state index contributed by atoms with van der Waals surface area (Å²) in [6.45, 7) is 4.15. The monoisotopic (exact) mass is 476 g/mol. The minimum Gasteiger partial charge on any atom is -0.493 e. The SMILES string of the molecule is CCOC(=O)N1c2cc(OC)c(OC)cc2[C@H](N(Cc2ccccc2Cl)C(=O)OC)C[C@@H]1C. The summed E-state index contributed by atoms with van der Waals surface area (Å²) in [7, 11) is 4.41. The second-order valence-electron chi connectivity index (χ2n) is 7.62. The average Bonchev–Trinajstić information content (AvgIpc) is 2.81. The number of carbonyl (C=O) groups is 2. The molecule has 2 amide bonds. The topological polar surface area (TPSA) is 77.5 Å². The predicted molar refractivity (Wildman–Crippen MR) is 125 cm³/mol. The molecule has 9 heteroatoms. The normalized spacial score (nSPS) is 17.1. The number of fused-ring (bicyclic) bond motifs is 1. The first-order chi connectivity index (χ1) is 15.9. The van der Waals surface area contributed by atoms with Gasteiger partial charge in [0.1, 0.15) is 0 Å². The number of halogens is 1. The number of nitrogens with zero attached hydrogens (tertiary/aromatic N) is 2. The molecule has 0 fully saturated rings. The van der Waals surface area contributed by atoms with Gasteiger partial charge in [0.2, 0.25) is 0 Å². The van der Waals surface area contributed by atoms with Crippen molar-refractivity contribution in [3.8, 4) is 11.5 Å². The molecule has 0 radical (unpaired) electrons. The summed E-state index contributed by atoms with van der Waals surface area (Å²) in [5.41, 5.74) is 2.09. The van der Waals surface area contributed by atoms with E-state index < -0.39 is 18.2 Å². The molecule has 178 valence electrons. The molecule has 0 unspecified atom stereocenters. The molecule has 0 aromatic heterocycles. The highest BCUT2D eigenvalue weighted by atomic mass is 35.5. The Hall–Kier alpha value is -3.13. The molecule has 0 aliphatic carbocycles. The van der Waals surface area contributed by atoms with Crippen LogP contribution in [0.3, 0.4) is 0 Å². The molecule has 0 spiro atoms. The van der Waals surface area contributed by atoms with Crippen LogP contribution in [-0.2, 0) is 16.0 Å². The highest BCUT2D eigenvalue weighted by Crippen LogP contribution is 2.46. The van der Waals surface area contributed by atoms with E-state index in [4.69, 9.17) is 30.5 Å². The maximum absolute atomic E-state index is 12.9. The maximum atomic E-state index is 12.9. The lowest BCUT2D eigenvalue weighted by atomic mass is 9.90. The summed E-state index contributed by atoms with van der Waals surface area (Å²) < 4.78 is 21.4. The van der Waals surface area contributed by atoms with E-state index in [0.29, 0.717) is 28.6 Å². The molecule has 2 aromatic rings. The van der Waals surface area contributed by atoms with Gasteiger partial charge in [-0.3, -0.25) is 9.80 Å². The molecule has 2 atom stereocenters. The van der Waals surface area contributed by atoms with Gasteiger partial charge in [-0.25, -0.2) is 9.59 Å². The number of anilines is 1. The summed E-state index contributed by atoms with van der Waals surface area (Å²) in [5, 5.41) is 0.552. The summed E-state index contributed by atoms with van der Waals surface area (Å²) in [5.74, 6) is 0.955. The lowest BCUT2D eigenvalue weighted by Crippen LogP contribution is -2.47. The number of methoxy groups -OCH3 is 3. The summed E-state index contributed by atoms with van der Waals surface area (Å²) in [4.78, 5) is 29.0. The predicted octanol–water partition coefficient (Wildman–Crippen LogP) is 5.42. The van der Waals surface area contributed by atoms with Crippen molar-refractivity contribution < 1.29 is 28.5 Å². The van der Waals surface area contributed by atoms with Gasteiger partial charge in [-0.05, 0) is 38.0 Å². The van der Waals surface area contributed by atoms with E-state index in [9.17, 15) is 9.59 Å². The van der Waals surface area contributed by atoms with E-state index in [1.807, 2.05) is 25.1 Å². The number of ether oxygens (including phenoxy) is 4. The van der Waals surface area contributed by atoms with Crippen molar-refractivity contribution >= 4 is 29.5 Å². The van der Waals surface area contributed by atoms with Crippen molar-refractivity contribution in [1.82, 2.24) is 4.90 Å². The Morgan fingerprint density at radius 2 is 1.79 bits per heavy atom. The molecule has 1 aliphatic heterocycles. The maximum Gasteiger partial charge on any atom is 0.414 e. The van der Waals surface area contributed by atoms with E-state index >= 15 is 0 Å². The first-order valence-corrected chi connectivity index (χ1v) is 11.0. The number of amides is 2. The number of rotatable bonds is 6. The summed E-state index contributed by atoms with van der Waals surface area (Å²) in [6, 6.07) is 10.2. The molecule has 8 nitrogen and oxygen atoms in total. The molecule has 0 N–H and O–H groups in total. The van der Waals surface area contributed by atoms with Crippen LogP contribution in [0, 0.1) is 0 Å². The van der Waals surface area contributed by atoms with Gasteiger partial charge in [0.05, 0.1) is 46.2 Å². The molecule has 3 rings (SSSR count). The van der Waals surface area contributed by atoms with Crippen LogP contribution in [0.15, 0.2) is 36.4 Å². The molecule has 1 aliphatic rings. The molecule has 0 bridgehead atoms. The van der Waals surface area contributed by atoms with E-state index in [1.54, 1.807) is 34.9 Å². The van der Waals surface area contributed by atoms with Crippen LogP contribution in [0.25, 0.3) is 0 Å². The van der Waals surface area contributed by atoms with E-state index in [2.05, 4.69) is 0 Å². The number of hydrogen-bond acceptors (Lipinski definition) is 6. The van der Waals surface area contributed by atoms with Crippen LogP contribution in [0.4, 0.5) is 15.3 Å². The highest BCUT2D eigenvalue weighted by molar-refractivity contribution is 6.31. The molecule has 0 saturated heterocycles. The third-order valence-corrected chi connectivity index (χ3v) is 6.07. The largest absolute Gasteiger partial charge is 0.493 e. The minimum atomic E-state index is -0.502. The van der Waals surface area contributed by atoms with Crippen molar-refractivity contribution in [3.63, 3.8) is 0 Å². The van der Waals surface area contributed by atoms with Gasteiger partial charge in [-0.2, -0.15) is 0 Å². The smallest absolute Gasteiger partial charge is 0.414 e. The Labute approximate surface area is 198 Å². The van der Waals surface area contributed by atoms with E-state index in [1.165, 1.54) is 21.3 Å². The third-order valence-electron chi connectivity index (χ3n) is 5.70. The molecule has 0 saturated carbocycles. The minimum absolute atomic E-state index is 0.233. The Morgan fingerprint density at radius 3 is 2.39 bits per heavy atom. The van der Waals surface area contributed by atoms with Crippen LogP contribution < -0.4 is 14.4 Å². The second-order valence-corrected chi connectivity index (χ2v) is 8.03. The van der Waals surface area contributed by atoms with Crippen LogP contribution in [0.5, 0.6) is 11.5 Å². The zero-order chi connectivity index (χ0) is 24.1. The fraction of sp³-hybridized carbons (Fsp3) is 0.417. The van der Waals surface area contributed by atoms with Crippen LogP contribution >= 0.6 is 11.6 Å². The number of benzene rings is 2. The zero-order valence-electron chi connectivity index (χ0n) is 19.5. The zero-order valence-corrected chi connectivity index (χ0v) is 20.2. The molecule has 2 aromatic carbocycles. The quantitative estimate of drug-likeness (QED) is 0.553. The standard InChI is InChI=1S/C24H29ClN2O6/c1-6-33-24(29)27-15(2)11-19(17-12-21(30-3)22(31-4)13-20(17)27)26(23(28)32-5)14-16-9-7-8-10-18(16)25/h7-10,12-13,15,19H,6,11,14H2,1-5H3/t15-,19+/m0/s1. The first-order valence-electron chi connectivity index (χ1n) is 10.7. The van der Waals surface area contributed by atoms with Gasteiger partial charge in [-0.15, -0.1) is 0 Å². The van der Waals surface area contributed by atoms with Gasteiger partial charge in [0.25, 0.3) is 0 Å². The van der Waals surface area contributed by atoms with Crippen molar-refractivity contribution in [2.45, 2.75) is 38.9 Å². The van der Waals surface area contributed by atoms with E-state index in [-0.39, 0.29) is 19.2 Å². The fourth-order valence-corrected chi connectivity index (χ4v) is 4.34. The lowest BCUT2D eigenvalue weighted by Gasteiger charge is -2.42. The Morgan fingerprint density at radius 1 is 1.12 bits per heavy atom. The van der Waals surface area contributed by atoms with Crippen molar-refractivity contribution in [3.05, 3.63) is 52.5 Å². The van der Waals surface area contributed by atoms with Crippen LogP contribution in [0.1, 0.15) is 37.4 Å². The Balaban J connectivity index is 2.15. The van der Waals surface area contributed by atoms with Crippen LogP contribution in [0.2, 0.25) is 5.02 Å². The van der Waals surface area contributed by atoms with Crippen molar-refractivity contribution in [1.29, 1.82) is 0 Å². The molecule has 1 heterocycles. The van der Waals surface area contributed by atoms with Gasteiger partial charge in [0, 0.05) is 22.7 Å². The van der Waals surface area contributed by atoms with Crippen LogP contribution in [-0.4, -0.2) is 51.1 Å².